The largest absolute Gasteiger partial charge is 0.380 e. The van der Waals surface area contributed by atoms with Crippen molar-refractivity contribution < 1.29 is 14.3 Å². The van der Waals surface area contributed by atoms with Gasteiger partial charge in [0, 0.05) is 32.0 Å². The Balaban J connectivity index is 2.40. The predicted octanol–water partition coefficient (Wildman–Crippen LogP) is 2.00. The summed E-state index contributed by atoms with van der Waals surface area (Å²) in [4.78, 5) is 14.0. The zero-order valence-electron chi connectivity index (χ0n) is 13.0. The molecule has 5 heteroatoms. The minimum Gasteiger partial charge on any atom is -0.380 e. The molecule has 1 N–H and O–H groups in total. The van der Waals surface area contributed by atoms with Crippen molar-refractivity contribution in [2.75, 3.05) is 51.4 Å². The van der Waals surface area contributed by atoms with Crippen LogP contribution in [-0.2, 0) is 14.3 Å². The Kier molecular flexibility index (Phi) is 9.24. The first-order chi connectivity index (χ1) is 10.3. The van der Waals surface area contributed by atoms with Crippen LogP contribution in [0.3, 0.4) is 0 Å². The monoisotopic (exact) mass is 294 g/mol. The van der Waals surface area contributed by atoms with Crippen LogP contribution in [0.15, 0.2) is 30.3 Å². The van der Waals surface area contributed by atoms with Crippen LogP contribution in [0.5, 0.6) is 0 Å². The van der Waals surface area contributed by atoms with E-state index >= 15 is 0 Å². The van der Waals surface area contributed by atoms with Crippen LogP contribution >= 0.6 is 0 Å². The second-order valence-electron chi connectivity index (χ2n) is 4.49. The number of anilines is 1. The van der Waals surface area contributed by atoms with Gasteiger partial charge in [0.15, 0.2) is 0 Å². The maximum Gasteiger partial charge on any atom is 0.242 e. The molecule has 0 heterocycles. The average Bonchev–Trinajstić information content (AvgIpc) is 2.52. The van der Waals surface area contributed by atoms with Gasteiger partial charge >= 0.3 is 0 Å². The van der Waals surface area contributed by atoms with Crippen LogP contribution in [-0.4, -0.2) is 56.9 Å². The van der Waals surface area contributed by atoms with Gasteiger partial charge in [0.2, 0.25) is 5.91 Å². The first kappa shape index (κ1) is 17.5. The van der Waals surface area contributed by atoms with Crippen molar-refractivity contribution in [3.63, 3.8) is 0 Å². The van der Waals surface area contributed by atoms with Gasteiger partial charge in [0.05, 0.1) is 19.8 Å². The highest BCUT2D eigenvalue weighted by molar-refractivity contribution is 5.80. The second kappa shape index (κ2) is 11.1. The second-order valence-corrected chi connectivity index (χ2v) is 4.49. The van der Waals surface area contributed by atoms with E-state index in [9.17, 15) is 4.79 Å². The minimum absolute atomic E-state index is 0.0539. The molecule has 0 radical (unpaired) electrons. The van der Waals surface area contributed by atoms with Crippen LogP contribution in [0, 0.1) is 0 Å². The Labute approximate surface area is 127 Å². The number of ether oxygens (including phenoxy) is 2. The predicted molar refractivity (Wildman–Crippen MR) is 84.5 cm³/mol. The summed E-state index contributed by atoms with van der Waals surface area (Å²) in [5.41, 5.74) is 0.945. The van der Waals surface area contributed by atoms with Crippen molar-refractivity contribution in [1.82, 2.24) is 4.90 Å². The molecule has 1 aromatic carbocycles. The molecule has 0 aliphatic heterocycles. The fourth-order valence-electron chi connectivity index (χ4n) is 1.84. The number of benzene rings is 1. The maximum absolute atomic E-state index is 12.3. The van der Waals surface area contributed by atoms with Gasteiger partial charge in [0.1, 0.15) is 0 Å². The lowest BCUT2D eigenvalue weighted by Crippen LogP contribution is -2.40. The number of amides is 1. The summed E-state index contributed by atoms with van der Waals surface area (Å²) in [6, 6.07) is 9.71. The van der Waals surface area contributed by atoms with Crippen molar-refractivity contribution in [2.45, 2.75) is 13.8 Å². The number of hydrogen-bond donors (Lipinski definition) is 1. The number of nitrogens with one attached hydrogen (secondary N) is 1. The average molecular weight is 294 g/mol. The molecule has 118 valence electrons. The third-order valence-corrected chi connectivity index (χ3v) is 2.99. The summed E-state index contributed by atoms with van der Waals surface area (Å²) in [6.45, 7) is 7.80. The van der Waals surface area contributed by atoms with Crippen molar-refractivity contribution in [3.05, 3.63) is 30.3 Å². The Morgan fingerprint density at radius 2 is 1.62 bits per heavy atom. The van der Waals surface area contributed by atoms with E-state index in [1.165, 1.54) is 0 Å². The van der Waals surface area contributed by atoms with Gasteiger partial charge in [-0.25, -0.2) is 0 Å². The molecule has 0 aliphatic carbocycles. The van der Waals surface area contributed by atoms with Gasteiger partial charge < -0.3 is 19.7 Å². The molecule has 1 aromatic rings. The normalized spacial score (nSPS) is 10.4. The van der Waals surface area contributed by atoms with Crippen LogP contribution in [0.4, 0.5) is 5.69 Å². The SMILES string of the molecule is CCOCCN(CCOCC)C(=O)CNc1ccccc1. The smallest absolute Gasteiger partial charge is 0.242 e. The van der Waals surface area contributed by atoms with Gasteiger partial charge in [-0.3, -0.25) is 4.79 Å². The molecule has 0 aliphatic rings. The van der Waals surface area contributed by atoms with Crippen molar-refractivity contribution in [3.8, 4) is 0 Å². The van der Waals surface area contributed by atoms with Gasteiger partial charge in [-0.15, -0.1) is 0 Å². The molecule has 0 saturated carbocycles. The van der Waals surface area contributed by atoms with E-state index in [1.807, 2.05) is 44.2 Å². The van der Waals surface area contributed by atoms with Gasteiger partial charge in [-0.05, 0) is 26.0 Å². The van der Waals surface area contributed by atoms with Gasteiger partial charge in [0.25, 0.3) is 0 Å². The Morgan fingerprint density at radius 1 is 1.05 bits per heavy atom. The molecule has 21 heavy (non-hydrogen) atoms. The van der Waals surface area contributed by atoms with E-state index in [0.29, 0.717) is 39.5 Å². The first-order valence-corrected chi connectivity index (χ1v) is 7.50. The number of nitrogens with zero attached hydrogens (tertiary/aromatic N) is 1. The molecule has 0 spiro atoms. The topological polar surface area (TPSA) is 50.8 Å². The molecule has 0 unspecified atom stereocenters. The lowest BCUT2D eigenvalue weighted by molar-refractivity contribution is -0.130. The molecule has 0 bridgehead atoms. The summed E-state index contributed by atoms with van der Waals surface area (Å²) in [7, 11) is 0. The molecule has 1 rings (SSSR count). The maximum atomic E-state index is 12.3. The highest BCUT2D eigenvalue weighted by atomic mass is 16.5. The molecule has 5 nitrogen and oxygen atoms in total. The molecule has 0 atom stereocenters. The Bertz CT molecular complexity index is 374. The van der Waals surface area contributed by atoms with Crippen molar-refractivity contribution in [2.24, 2.45) is 0 Å². The Hall–Kier alpha value is -1.59. The third kappa shape index (κ3) is 7.68. The van der Waals surface area contributed by atoms with Crippen LogP contribution < -0.4 is 5.32 Å². The quantitative estimate of drug-likeness (QED) is 0.634. The van der Waals surface area contributed by atoms with Crippen molar-refractivity contribution >= 4 is 11.6 Å². The highest BCUT2D eigenvalue weighted by Crippen LogP contribution is 2.04. The summed E-state index contributed by atoms with van der Waals surface area (Å²) in [5, 5.41) is 3.13. The van der Waals surface area contributed by atoms with Crippen LogP contribution in [0.1, 0.15) is 13.8 Å². The number of carbonyl (C=O) groups excluding carboxylic acids is 1. The van der Waals surface area contributed by atoms with Crippen LogP contribution in [0.25, 0.3) is 0 Å². The fourth-order valence-corrected chi connectivity index (χ4v) is 1.84. The van der Waals surface area contributed by atoms with Gasteiger partial charge in [-0.2, -0.15) is 0 Å². The number of rotatable bonds is 11. The third-order valence-electron chi connectivity index (χ3n) is 2.99. The van der Waals surface area contributed by atoms with E-state index in [-0.39, 0.29) is 12.5 Å². The molecule has 1 amide bonds. The number of carbonyl (C=O) groups is 1. The summed E-state index contributed by atoms with van der Waals surface area (Å²) in [6.07, 6.45) is 0. The number of para-hydroxylation sites is 1. The van der Waals surface area contributed by atoms with Crippen molar-refractivity contribution in [1.29, 1.82) is 0 Å². The molecular formula is C16H26N2O3. The zero-order valence-corrected chi connectivity index (χ0v) is 13.0. The molecular weight excluding hydrogens is 268 g/mol. The standard InChI is InChI=1S/C16H26N2O3/c1-3-20-12-10-18(11-13-21-4-2)16(19)14-17-15-8-6-5-7-9-15/h5-9,17H,3-4,10-14H2,1-2H3. The summed E-state index contributed by atoms with van der Waals surface area (Å²) in [5.74, 6) is 0.0539. The summed E-state index contributed by atoms with van der Waals surface area (Å²) < 4.78 is 10.7. The van der Waals surface area contributed by atoms with E-state index < -0.39 is 0 Å². The number of hydrogen-bond acceptors (Lipinski definition) is 4. The fraction of sp³-hybridized carbons (Fsp3) is 0.562. The molecule has 0 fully saturated rings. The van der Waals surface area contributed by atoms with E-state index in [4.69, 9.17) is 9.47 Å². The lowest BCUT2D eigenvalue weighted by atomic mass is 10.3. The lowest BCUT2D eigenvalue weighted by Gasteiger charge is -2.23. The zero-order chi connectivity index (χ0) is 15.3. The van der Waals surface area contributed by atoms with E-state index in [2.05, 4.69) is 5.32 Å². The Morgan fingerprint density at radius 3 is 2.14 bits per heavy atom. The first-order valence-electron chi connectivity index (χ1n) is 7.50. The highest BCUT2D eigenvalue weighted by Gasteiger charge is 2.12. The molecule has 0 aromatic heterocycles. The van der Waals surface area contributed by atoms with E-state index in [1.54, 1.807) is 4.90 Å². The summed E-state index contributed by atoms with van der Waals surface area (Å²) >= 11 is 0. The molecule has 0 saturated heterocycles. The minimum atomic E-state index is 0.0539. The van der Waals surface area contributed by atoms with Gasteiger partial charge in [-0.1, -0.05) is 18.2 Å². The van der Waals surface area contributed by atoms with E-state index in [0.717, 1.165) is 5.69 Å². The van der Waals surface area contributed by atoms with Crippen LogP contribution in [0.2, 0.25) is 0 Å².